The van der Waals surface area contributed by atoms with Crippen molar-refractivity contribution in [3.05, 3.63) is 29.6 Å². The van der Waals surface area contributed by atoms with Crippen molar-refractivity contribution in [3.63, 3.8) is 0 Å². The Balaban J connectivity index is 2.30. The van der Waals surface area contributed by atoms with Gasteiger partial charge in [0.1, 0.15) is 5.82 Å². The number of ether oxygens (including phenoxy) is 1. The van der Waals surface area contributed by atoms with Crippen LogP contribution in [0.3, 0.4) is 0 Å². The molecule has 8 heteroatoms. The predicted octanol–water partition coefficient (Wildman–Crippen LogP) is 2.15. The maximum atomic E-state index is 13.7. The number of aromatic carboxylic acids is 1. The highest BCUT2D eigenvalue weighted by molar-refractivity contribution is 7.89. The molecule has 1 fully saturated rings. The number of hydrogen-bond donors (Lipinski definition) is 2. The molecule has 1 heterocycles. The molecule has 0 aromatic heterocycles. The fourth-order valence-electron chi connectivity index (χ4n) is 2.84. The average Bonchev–Trinajstić information content (AvgIpc) is 2.55. The lowest BCUT2D eigenvalue weighted by Crippen LogP contribution is -2.46. The van der Waals surface area contributed by atoms with Crippen LogP contribution in [0.1, 0.15) is 44.5 Å². The molecule has 0 radical (unpaired) electrons. The summed E-state index contributed by atoms with van der Waals surface area (Å²) in [6, 6.07) is 2.24. The highest BCUT2D eigenvalue weighted by Crippen LogP contribution is 2.37. The van der Waals surface area contributed by atoms with E-state index >= 15 is 0 Å². The van der Waals surface area contributed by atoms with Crippen molar-refractivity contribution >= 4 is 16.0 Å². The van der Waals surface area contributed by atoms with Crippen LogP contribution < -0.4 is 4.72 Å². The van der Waals surface area contributed by atoms with Gasteiger partial charge in [0.2, 0.25) is 10.0 Å². The molecular formula is C15H20FNO5S. The van der Waals surface area contributed by atoms with Gasteiger partial charge in [0, 0.05) is 0 Å². The van der Waals surface area contributed by atoms with Crippen molar-refractivity contribution in [2.24, 2.45) is 0 Å². The topological polar surface area (TPSA) is 92.7 Å². The number of nitrogens with one attached hydrogen (secondary N) is 1. The second kappa shape index (κ2) is 5.54. The van der Waals surface area contributed by atoms with E-state index in [9.17, 15) is 17.6 Å². The zero-order valence-corrected chi connectivity index (χ0v) is 14.2. The van der Waals surface area contributed by atoms with Crippen LogP contribution in [-0.4, -0.2) is 36.7 Å². The maximum absolute atomic E-state index is 13.7. The van der Waals surface area contributed by atoms with E-state index < -0.39 is 44.6 Å². The number of benzene rings is 1. The number of rotatable bonds is 4. The molecule has 1 aromatic carbocycles. The minimum Gasteiger partial charge on any atom is -0.478 e. The van der Waals surface area contributed by atoms with E-state index in [-0.39, 0.29) is 4.90 Å². The SMILES string of the molecule is CC1(C)CC(NS(=O)(=O)c2ccc(C(=O)O)c(F)c2)C(C)(C)O1. The van der Waals surface area contributed by atoms with Gasteiger partial charge in [-0.3, -0.25) is 0 Å². The van der Waals surface area contributed by atoms with Gasteiger partial charge < -0.3 is 9.84 Å². The zero-order valence-electron chi connectivity index (χ0n) is 13.4. The number of hydrogen-bond acceptors (Lipinski definition) is 4. The molecule has 23 heavy (non-hydrogen) atoms. The second-order valence-corrected chi connectivity index (χ2v) is 8.50. The molecule has 0 saturated carbocycles. The van der Waals surface area contributed by atoms with Gasteiger partial charge in [-0.25, -0.2) is 22.3 Å². The summed E-state index contributed by atoms with van der Waals surface area (Å²) in [5, 5.41) is 8.79. The molecule has 2 N–H and O–H groups in total. The van der Waals surface area contributed by atoms with E-state index in [4.69, 9.17) is 9.84 Å². The van der Waals surface area contributed by atoms with E-state index in [0.717, 1.165) is 12.1 Å². The highest BCUT2D eigenvalue weighted by Gasteiger charge is 2.47. The van der Waals surface area contributed by atoms with Gasteiger partial charge in [-0.2, -0.15) is 0 Å². The molecule has 0 aliphatic carbocycles. The van der Waals surface area contributed by atoms with Crippen LogP contribution in [0.15, 0.2) is 23.1 Å². The lowest BCUT2D eigenvalue weighted by molar-refractivity contribution is -0.0684. The molecule has 0 amide bonds. The number of halogens is 1. The Morgan fingerprint density at radius 2 is 1.96 bits per heavy atom. The van der Waals surface area contributed by atoms with Gasteiger partial charge in [0.15, 0.2) is 0 Å². The quantitative estimate of drug-likeness (QED) is 0.872. The Bertz CT molecular complexity index is 742. The van der Waals surface area contributed by atoms with Gasteiger partial charge in [0.05, 0.1) is 27.7 Å². The van der Waals surface area contributed by atoms with Crippen LogP contribution in [0.5, 0.6) is 0 Å². The Morgan fingerprint density at radius 1 is 1.35 bits per heavy atom. The number of carboxylic acid groups (broad SMARTS) is 1. The summed E-state index contributed by atoms with van der Waals surface area (Å²) in [6.45, 7) is 7.29. The first-order valence-corrected chi connectivity index (χ1v) is 8.58. The standard InChI is InChI=1S/C15H20FNO5S/c1-14(2)8-12(15(3,4)22-14)17-23(20,21)9-5-6-10(13(18)19)11(16)7-9/h5-7,12,17H,8H2,1-4H3,(H,18,19). The number of carboxylic acids is 1. The fourth-order valence-corrected chi connectivity index (χ4v) is 4.22. The molecule has 128 valence electrons. The zero-order chi connectivity index (χ0) is 17.6. The fraction of sp³-hybridized carbons (Fsp3) is 0.533. The van der Waals surface area contributed by atoms with Crippen molar-refractivity contribution in [2.45, 2.75) is 56.3 Å². The first kappa shape index (κ1) is 17.8. The van der Waals surface area contributed by atoms with Crippen molar-refractivity contribution in [1.29, 1.82) is 0 Å². The van der Waals surface area contributed by atoms with Crippen LogP contribution in [0.2, 0.25) is 0 Å². The molecule has 1 aromatic rings. The Morgan fingerprint density at radius 3 is 2.39 bits per heavy atom. The summed E-state index contributed by atoms with van der Waals surface area (Å²) in [5.74, 6) is -2.55. The third kappa shape index (κ3) is 3.70. The molecule has 2 rings (SSSR count). The van der Waals surface area contributed by atoms with E-state index in [1.165, 1.54) is 0 Å². The van der Waals surface area contributed by atoms with Crippen LogP contribution in [0, 0.1) is 5.82 Å². The van der Waals surface area contributed by atoms with E-state index in [1.807, 2.05) is 13.8 Å². The van der Waals surface area contributed by atoms with Gasteiger partial charge in [-0.15, -0.1) is 0 Å². The van der Waals surface area contributed by atoms with Crippen LogP contribution in [-0.2, 0) is 14.8 Å². The van der Waals surface area contributed by atoms with Crippen molar-refractivity contribution < 1.29 is 27.4 Å². The lowest BCUT2D eigenvalue weighted by atomic mass is 9.96. The molecular weight excluding hydrogens is 325 g/mol. The van der Waals surface area contributed by atoms with E-state index in [0.29, 0.717) is 12.5 Å². The molecule has 1 saturated heterocycles. The largest absolute Gasteiger partial charge is 0.478 e. The summed E-state index contributed by atoms with van der Waals surface area (Å²) in [5.41, 5.74) is -1.76. The van der Waals surface area contributed by atoms with E-state index in [2.05, 4.69) is 4.72 Å². The van der Waals surface area contributed by atoms with Crippen molar-refractivity contribution in [2.75, 3.05) is 0 Å². The van der Waals surface area contributed by atoms with Gasteiger partial charge in [-0.1, -0.05) is 0 Å². The molecule has 1 aliphatic heterocycles. The lowest BCUT2D eigenvalue weighted by Gasteiger charge is -2.27. The smallest absolute Gasteiger partial charge is 0.338 e. The second-order valence-electron chi connectivity index (χ2n) is 6.79. The average molecular weight is 345 g/mol. The van der Waals surface area contributed by atoms with Crippen LogP contribution in [0.4, 0.5) is 4.39 Å². The van der Waals surface area contributed by atoms with Crippen molar-refractivity contribution in [1.82, 2.24) is 4.72 Å². The molecule has 1 aliphatic rings. The maximum Gasteiger partial charge on any atom is 0.338 e. The van der Waals surface area contributed by atoms with Crippen LogP contribution in [0.25, 0.3) is 0 Å². The molecule has 0 bridgehead atoms. The normalized spacial score (nSPS) is 22.9. The molecule has 1 unspecified atom stereocenters. The van der Waals surface area contributed by atoms with Gasteiger partial charge >= 0.3 is 5.97 Å². The Hall–Kier alpha value is -1.51. The Kier molecular flexibility index (Phi) is 4.29. The molecule has 0 spiro atoms. The molecule has 1 atom stereocenters. The summed E-state index contributed by atoms with van der Waals surface area (Å²) < 4.78 is 47.0. The minimum atomic E-state index is -3.99. The third-order valence-corrected chi connectivity index (χ3v) is 5.32. The Labute approximate surface area is 134 Å². The molecule has 6 nitrogen and oxygen atoms in total. The first-order valence-electron chi connectivity index (χ1n) is 7.09. The monoisotopic (exact) mass is 345 g/mol. The summed E-state index contributed by atoms with van der Waals surface area (Å²) in [7, 11) is -3.99. The highest BCUT2D eigenvalue weighted by atomic mass is 32.2. The summed E-state index contributed by atoms with van der Waals surface area (Å²) in [4.78, 5) is 10.5. The minimum absolute atomic E-state index is 0.319. The predicted molar refractivity (Wildman–Crippen MR) is 81.3 cm³/mol. The van der Waals surface area contributed by atoms with Crippen LogP contribution >= 0.6 is 0 Å². The first-order chi connectivity index (χ1) is 10.3. The number of carbonyl (C=O) groups is 1. The number of sulfonamides is 1. The summed E-state index contributed by atoms with van der Waals surface area (Å²) in [6.07, 6.45) is 0.467. The van der Waals surface area contributed by atoms with Gasteiger partial charge in [0.25, 0.3) is 0 Å². The van der Waals surface area contributed by atoms with Crippen molar-refractivity contribution in [3.8, 4) is 0 Å². The summed E-state index contributed by atoms with van der Waals surface area (Å²) >= 11 is 0. The van der Waals surface area contributed by atoms with E-state index in [1.54, 1.807) is 13.8 Å². The third-order valence-electron chi connectivity index (χ3n) is 3.85. The van der Waals surface area contributed by atoms with Gasteiger partial charge in [-0.05, 0) is 52.3 Å².